The summed E-state index contributed by atoms with van der Waals surface area (Å²) in [6.07, 6.45) is 1.35. The number of nitrogens with zero attached hydrogens (tertiary/aromatic N) is 2. The number of rotatable bonds is 5. The van der Waals surface area contributed by atoms with Crippen LogP contribution in [-0.2, 0) is 16.9 Å². The summed E-state index contributed by atoms with van der Waals surface area (Å²) >= 11 is 1.51. The van der Waals surface area contributed by atoms with E-state index in [1.807, 2.05) is 61.5 Å². The maximum absolute atomic E-state index is 13.3. The van der Waals surface area contributed by atoms with Crippen LogP contribution in [-0.4, -0.2) is 21.8 Å². The number of hydrogen-bond acceptors (Lipinski definition) is 4. The quantitative estimate of drug-likeness (QED) is 0.694. The molecule has 5 nitrogen and oxygen atoms in total. The summed E-state index contributed by atoms with van der Waals surface area (Å²) in [7, 11) is 0. The lowest BCUT2D eigenvalue weighted by atomic mass is 9.85. The number of urea groups is 1. The Labute approximate surface area is 155 Å². The smallest absolute Gasteiger partial charge is 0.319 e. The zero-order valence-electron chi connectivity index (χ0n) is 14.4. The van der Waals surface area contributed by atoms with E-state index < -0.39 is 5.54 Å². The Morgan fingerprint density at radius 2 is 1.81 bits per heavy atom. The minimum absolute atomic E-state index is 0.197. The molecule has 0 saturated carbocycles. The second-order valence-electron chi connectivity index (χ2n) is 6.42. The van der Waals surface area contributed by atoms with E-state index in [2.05, 4.69) is 10.3 Å². The molecular weight excluding hydrogens is 346 g/mol. The largest absolute Gasteiger partial charge is 0.325 e. The van der Waals surface area contributed by atoms with Crippen LogP contribution in [0, 0.1) is 0 Å². The zero-order chi connectivity index (χ0) is 18.1. The molecule has 4 rings (SSSR count). The van der Waals surface area contributed by atoms with Gasteiger partial charge in [0.25, 0.3) is 5.91 Å². The van der Waals surface area contributed by atoms with Gasteiger partial charge in [0, 0.05) is 0 Å². The van der Waals surface area contributed by atoms with E-state index in [9.17, 15) is 9.59 Å². The summed E-state index contributed by atoms with van der Waals surface area (Å²) in [6.45, 7) is 2.21. The summed E-state index contributed by atoms with van der Waals surface area (Å²) in [5, 5.41) is 3.71. The second kappa shape index (κ2) is 6.53. The Balaban J connectivity index is 1.67. The molecule has 3 aromatic rings. The summed E-state index contributed by atoms with van der Waals surface area (Å²) < 4.78 is 1.05. The van der Waals surface area contributed by atoms with Gasteiger partial charge in [-0.15, -0.1) is 11.3 Å². The number of carbonyl (C=O) groups excluding carboxylic acids is 2. The Bertz CT molecular complexity index is 936. The number of imide groups is 1. The molecule has 1 aromatic heterocycles. The molecule has 1 N–H and O–H groups in total. The van der Waals surface area contributed by atoms with Crippen molar-refractivity contribution in [3.05, 3.63) is 65.2 Å². The number of carbonyl (C=O) groups is 2. The number of thiazole rings is 1. The second-order valence-corrected chi connectivity index (χ2v) is 7.53. The monoisotopic (exact) mass is 365 g/mol. The molecule has 1 aliphatic heterocycles. The molecule has 26 heavy (non-hydrogen) atoms. The van der Waals surface area contributed by atoms with Crippen molar-refractivity contribution in [3.8, 4) is 0 Å². The van der Waals surface area contributed by atoms with Gasteiger partial charge in [0.05, 0.1) is 16.8 Å². The molecule has 1 aliphatic rings. The maximum atomic E-state index is 13.3. The minimum Gasteiger partial charge on any atom is -0.319 e. The van der Waals surface area contributed by atoms with Gasteiger partial charge >= 0.3 is 6.03 Å². The summed E-state index contributed by atoms with van der Waals surface area (Å²) in [4.78, 5) is 31.8. The lowest BCUT2D eigenvalue weighted by molar-refractivity contribution is -0.132. The molecule has 3 amide bonds. The number of benzene rings is 2. The van der Waals surface area contributed by atoms with Crippen LogP contribution in [0.2, 0.25) is 0 Å². The van der Waals surface area contributed by atoms with Gasteiger partial charge in [0.15, 0.2) is 0 Å². The van der Waals surface area contributed by atoms with Crippen LogP contribution in [0.5, 0.6) is 0 Å². The van der Waals surface area contributed by atoms with E-state index in [1.54, 1.807) is 0 Å². The van der Waals surface area contributed by atoms with Gasteiger partial charge < -0.3 is 5.32 Å². The van der Waals surface area contributed by atoms with Crippen LogP contribution in [0.15, 0.2) is 54.6 Å². The van der Waals surface area contributed by atoms with Crippen molar-refractivity contribution in [1.29, 1.82) is 0 Å². The summed E-state index contributed by atoms with van der Waals surface area (Å²) in [5.74, 6) is -0.199. The predicted molar refractivity (Wildman–Crippen MR) is 102 cm³/mol. The first-order chi connectivity index (χ1) is 12.6. The molecule has 1 saturated heterocycles. The molecule has 2 heterocycles. The lowest BCUT2D eigenvalue weighted by Gasteiger charge is -2.26. The van der Waals surface area contributed by atoms with Crippen molar-refractivity contribution in [2.45, 2.75) is 31.8 Å². The van der Waals surface area contributed by atoms with Gasteiger partial charge in [-0.3, -0.25) is 9.69 Å². The highest BCUT2D eigenvalue weighted by atomic mass is 32.1. The highest BCUT2D eigenvalue weighted by Crippen LogP contribution is 2.35. The average Bonchev–Trinajstić information content (AvgIpc) is 3.17. The van der Waals surface area contributed by atoms with Gasteiger partial charge in [-0.2, -0.15) is 0 Å². The number of amides is 3. The van der Waals surface area contributed by atoms with E-state index in [0.717, 1.165) is 27.2 Å². The predicted octanol–water partition coefficient (Wildman–Crippen LogP) is 4.04. The van der Waals surface area contributed by atoms with Gasteiger partial charge in [0.2, 0.25) is 0 Å². The molecule has 1 fully saturated rings. The van der Waals surface area contributed by atoms with Crippen LogP contribution in [0.1, 0.15) is 30.3 Å². The van der Waals surface area contributed by atoms with E-state index in [-0.39, 0.29) is 18.5 Å². The standard InChI is InChI=1S/C20H19N3O2S/c1-2-12-20(14-8-4-3-5-9-14)18(24)23(19(25)22-20)13-17-21-15-10-6-7-11-16(15)26-17/h3-11H,2,12-13H2,1H3,(H,22,25). The number of hydrogen-bond donors (Lipinski definition) is 1. The Hall–Kier alpha value is -2.73. The Morgan fingerprint density at radius 1 is 1.08 bits per heavy atom. The molecule has 0 radical (unpaired) electrons. The number of aromatic nitrogens is 1. The van der Waals surface area contributed by atoms with Crippen molar-refractivity contribution in [2.24, 2.45) is 0 Å². The van der Waals surface area contributed by atoms with Crippen LogP contribution in [0.3, 0.4) is 0 Å². The molecule has 132 valence electrons. The van der Waals surface area contributed by atoms with Crippen LogP contribution in [0.25, 0.3) is 10.2 Å². The normalized spacial score (nSPS) is 20.0. The van der Waals surface area contributed by atoms with Crippen LogP contribution >= 0.6 is 11.3 Å². The van der Waals surface area contributed by atoms with Crippen molar-refractivity contribution in [2.75, 3.05) is 0 Å². The number of fused-ring (bicyclic) bond motifs is 1. The minimum atomic E-state index is -0.982. The van der Waals surface area contributed by atoms with Crippen LogP contribution < -0.4 is 5.32 Å². The fraction of sp³-hybridized carbons (Fsp3) is 0.250. The fourth-order valence-corrected chi connectivity index (χ4v) is 4.46. The van der Waals surface area contributed by atoms with Gasteiger partial charge in [-0.1, -0.05) is 55.8 Å². The molecule has 1 atom stereocenters. The summed E-state index contributed by atoms with van der Waals surface area (Å²) in [6, 6.07) is 16.9. The maximum Gasteiger partial charge on any atom is 0.325 e. The highest BCUT2D eigenvalue weighted by Gasteiger charge is 2.51. The molecular formula is C20H19N3O2S. The van der Waals surface area contributed by atoms with Crippen LogP contribution in [0.4, 0.5) is 4.79 Å². The van der Waals surface area contributed by atoms with Gasteiger partial charge in [0.1, 0.15) is 10.5 Å². The third kappa shape index (κ3) is 2.66. The van der Waals surface area contributed by atoms with Gasteiger partial charge in [-0.25, -0.2) is 9.78 Å². The first-order valence-corrected chi connectivity index (χ1v) is 9.50. The van der Waals surface area contributed by atoms with Crippen molar-refractivity contribution in [3.63, 3.8) is 0 Å². The van der Waals surface area contributed by atoms with E-state index in [4.69, 9.17) is 0 Å². The van der Waals surface area contributed by atoms with Gasteiger partial charge in [-0.05, 0) is 24.1 Å². The van der Waals surface area contributed by atoms with E-state index in [0.29, 0.717) is 6.42 Å². The molecule has 0 aliphatic carbocycles. The molecule has 0 bridgehead atoms. The Morgan fingerprint density at radius 3 is 2.54 bits per heavy atom. The molecule has 1 unspecified atom stereocenters. The molecule has 2 aromatic carbocycles. The molecule has 0 spiro atoms. The Kier molecular flexibility index (Phi) is 4.20. The zero-order valence-corrected chi connectivity index (χ0v) is 15.3. The first-order valence-electron chi connectivity index (χ1n) is 8.68. The van der Waals surface area contributed by atoms with Crippen molar-refractivity contribution >= 4 is 33.5 Å². The molecule has 6 heteroatoms. The first kappa shape index (κ1) is 16.7. The highest BCUT2D eigenvalue weighted by molar-refractivity contribution is 7.18. The van der Waals surface area contributed by atoms with Crippen molar-refractivity contribution in [1.82, 2.24) is 15.2 Å². The SMILES string of the molecule is CCCC1(c2ccccc2)NC(=O)N(Cc2nc3ccccc3s2)C1=O. The van der Waals surface area contributed by atoms with E-state index in [1.165, 1.54) is 16.2 Å². The summed E-state index contributed by atoms with van der Waals surface area (Å²) in [5.41, 5.74) is 0.735. The average molecular weight is 365 g/mol. The van der Waals surface area contributed by atoms with Crippen molar-refractivity contribution < 1.29 is 9.59 Å². The third-order valence-electron chi connectivity index (χ3n) is 4.70. The number of para-hydroxylation sites is 1. The van der Waals surface area contributed by atoms with E-state index >= 15 is 0 Å². The fourth-order valence-electron chi connectivity index (χ4n) is 3.50. The topological polar surface area (TPSA) is 62.3 Å². The lowest BCUT2D eigenvalue weighted by Crippen LogP contribution is -2.43. The number of nitrogens with one attached hydrogen (secondary N) is 1. The third-order valence-corrected chi connectivity index (χ3v) is 5.72.